The number of anilines is 1. The minimum atomic E-state index is -1.28. The highest BCUT2D eigenvalue weighted by Gasteiger charge is 2.36. The van der Waals surface area contributed by atoms with Crippen LogP contribution in [0.3, 0.4) is 0 Å². The molecule has 2 aromatic carbocycles. The normalized spacial score (nSPS) is 21.5. The first-order valence-corrected chi connectivity index (χ1v) is 15.2. The zero-order chi connectivity index (χ0) is 30.5. The molecule has 1 saturated carbocycles. The number of rotatable bonds is 7. The van der Waals surface area contributed by atoms with E-state index in [4.69, 9.17) is 10.2 Å². The van der Waals surface area contributed by atoms with Gasteiger partial charge in [-0.05, 0) is 61.6 Å². The molecule has 2 fully saturated rings. The van der Waals surface area contributed by atoms with Crippen molar-refractivity contribution in [3.05, 3.63) is 82.9 Å². The number of hydrogen-bond donors (Lipinski definition) is 2. The van der Waals surface area contributed by atoms with Gasteiger partial charge in [0.25, 0.3) is 5.91 Å². The fraction of sp³-hybridized carbons (Fsp3) is 0.394. The van der Waals surface area contributed by atoms with E-state index >= 15 is 8.78 Å². The summed E-state index contributed by atoms with van der Waals surface area (Å²) in [6, 6.07) is 15.4. The summed E-state index contributed by atoms with van der Waals surface area (Å²) in [7, 11) is 0. The smallest absolute Gasteiger partial charge is 0.273 e. The standard InChI is InChI=1S/C33H34F2N6O3/c1-19-23-4-2-3-5-24(23)27(35)18-40(19)33(44)29-15-30(20-6-7-20)41-31(37-29)16-28(38-41)25-9-8-22(14-26(25)34)39-12-10-21(17-39)32(43)36-11-13-42/h2-5,8-9,14-16,19-21,27,42H,6-7,10-13,17-18H2,1H3,(H,36,43)/t19-,21+,27?/m1/s1. The van der Waals surface area contributed by atoms with E-state index in [-0.39, 0.29) is 55.1 Å². The minimum absolute atomic E-state index is 0.0458. The number of nitrogens with zero attached hydrogens (tertiary/aromatic N) is 5. The van der Waals surface area contributed by atoms with E-state index in [1.54, 1.807) is 28.8 Å². The summed E-state index contributed by atoms with van der Waals surface area (Å²) in [6.45, 7) is 3.06. The maximum atomic E-state index is 15.6. The van der Waals surface area contributed by atoms with Crippen LogP contribution in [-0.2, 0) is 4.79 Å². The minimum Gasteiger partial charge on any atom is -0.395 e. The molecule has 7 rings (SSSR count). The molecule has 3 atom stereocenters. The number of carbonyl (C=O) groups excluding carboxylic acids is 2. The third-order valence-electron chi connectivity index (χ3n) is 9.10. The van der Waals surface area contributed by atoms with Crippen molar-refractivity contribution in [3.8, 4) is 11.3 Å². The lowest BCUT2D eigenvalue weighted by Crippen LogP contribution is -2.40. The van der Waals surface area contributed by atoms with Gasteiger partial charge in [0, 0.05) is 48.6 Å². The van der Waals surface area contributed by atoms with Gasteiger partial charge in [-0.15, -0.1) is 0 Å². The second kappa shape index (κ2) is 11.3. The Kier molecular flexibility index (Phi) is 7.28. The van der Waals surface area contributed by atoms with Gasteiger partial charge in [0.1, 0.15) is 17.7 Å². The molecule has 3 aliphatic rings. The number of amides is 2. The molecule has 0 radical (unpaired) electrons. The molecule has 2 aromatic heterocycles. The SMILES string of the molecule is C[C@@H]1c2ccccc2C(F)CN1C(=O)c1cc(C2CC2)n2nc(-c3ccc(N4CC[C@H](C(=O)NCCO)C4)cc3F)cc2n1. The number of hydrogen-bond acceptors (Lipinski definition) is 6. The molecule has 44 heavy (non-hydrogen) atoms. The lowest BCUT2D eigenvalue weighted by Gasteiger charge is -2.36. The summed E-state index contributed by atoms with van der Waals surface area (Å²) in [5.74, 6) is -0.892. The first-order valence-electron chi connectivity index (χ1n) is 15.2. The van der Waals surface area contributed by atoms with Crippen LogP contribution in [0.25, 0.3) is 16.9 Å². The van der Waals surface area contributed by atoms with Gasteiger partial charge in [0.05, 0.1) is 30.8 Å². The topological polar surface area (TPSA) is 103 Å². The third kappa shape index (κ3) is 5.08. The van der Waals surface area contributed by atoms with Crippen LogP contribution >= 0.6 is 0 Å². The molecule has 1 unspecified atom stereocenters. The molecule has 2 N–H and O–H groups in total. The number of nitrogens with one attached hydrogen (secondary N) is 1. The highest BCUT2D eigenvalue weighted by atomic mass is 19.1. The molecule has 9 nitrogen and oxygen atoms in total. The predicted octanol–water partition coefficient (Wildman–Crippen LogP) is 4.58. The summed E-state index contributed by atoms with van der Waals surface area (Å²) >= 11 is 0. The van der Waals surface area contributed by atoms with E-state index in [2.05, 4.69) is 10.3 Å². The van der Waals surface area contributed by atoms with Crippen LogP contribution in [0.2, 0.25) is 0 Å². The Labute approximate surface area is 253 Å². The quantitative estimate of drug-likeness (QED) is 0.322. The number of benzene rings is 2. The Morgan fingerprint density at radius 1 is 1.05 bits per heavy atom. The molecule has 1 aliphatic carbocycles. The zero-order valence-corrected chi connectivity index (χ0v) is 24.4. The number of carbonyl (C=O) groups is 2. The monoisotopic (exact) mass is 600 g/mol. The van der Waals surface area contributed by atoms with Crippen LogP contribution in [0.4, 0.5) is 14.5 Å². The Bertz CT molecular complexity index is 1750. The first kappa shape index (κ1) is 28.4. The summed E-state index contributed by atoms with van der Waals surface area (Å²) in [5, 5.41) is 16.4. The number of aliphatic hydroxyl groups is 1. The second-order valence-electron chi connectivity index (χ2n) is 12.0. The van der Waals surface area contributed by atoms with E-state index in [1.165, 1.54) is 11.0 Å². The summed E-state index contributed by atoms with van der Waals surface area (Å²) in [4.78, 5) is 34.2. The lowest BCUT2D eigenvalue weighted by atomic mass is 9.92. The maximum Gasteiger partial charge on any atom is 0.273 e. The van der Waals surface area contributed by atoms with E-state index in [9.17, 15) is 9.59 Å². The van der Waals surface area contributed by atoms with Crippen LogP contribution in [0, 0.1) is 11.7 Å². The maximum absolute atomic E-state index is 15.6. The molecule has 4 aromatic rings. The Balaban J connectivity index is 1.16. The highest BCUT2D eigenvalue weighted by molar-refractivity contribution is 5.93. The lowest BCUT2D eigenvalue weighted by molar-refractivity contribution is -0.124. The van der Waals surface area contributed by atoms with Gasteiger partial charge in [0.2, 0.25) is 5.91 Å². The Morgan fingerprint density at radius 2 is 1.84 bits per heavy atom. The Morgan fingerprint density at radius 3 is 2.59 bits per heavy atom. The molecule has 11 heteroatoms. The van der Waals surface area contributed by atoms with Crippen molar-refractivity contribution in [3.63, 3.8) is 0 Å². The zero-order valence-electron chi connectivity index (χ0n) is 24.4. The van der Waals surface area contributed by atoms with E-state index in [0.29, 0.717) is 47.7 Å². The van der Waals surface area contributed by atoms with Crippen LogP contribution in [0.15, 0.2) is 54.6 Å². The molecular formula is C33H34F2N6O3. The summed E-state index contributed by atoms with van der Waals surface area (Å²) in [5.41, 5.74) is 4.31. The van der Waals surface area contributed by atoms with Gasteiger partial charge in [-0.2, -0.15) is 5.10 Å². The predicted molar refractivity (Wildman–Crippen MR) is 161 cm³/mol. The average Bonchev–Trinajstić information content (AvgIpc) is 3.59. The molecule has 0 bridgehead atoms. The number of fused-ring (bicyclic) bond motifs is 2. The fourth-order valence-corrected chi connectivity index (χ4v) is 6.53. The van der Waals surface area contributed by atoms with Crippen LogP contribution in [-0.4, -0.2) is 69.2 Å². The number of halogens is 2. The molecular weight excluding hydrogens is 566 g/mol. The van der Waals surface area contributed by atoms with Crippen molar-refractivity contribution in [2.24, 2.45) is 5.92 Å². The summed E-state index contributed by atoms with van der Waals surface area (Å²) in [6.07, 6.45) is 1.29. The van der Waals surface area contributed by atoms with E-state index < -0.39 is 12.0 Å². The third-order valence-corrected chi connectivity index (χ3v) is 9.10. The van der Waals surface area contributed by atoms with Crippen molar-refractivity contribution in [1.29, 1.82) is 0 Å². The number of aromatic nitrogens is 3. The molecule has 228 valence electrons. The summed E-state index contributed by atoms with van der Waals surface area (Å²) < 4.78 is 32.4. The number of alkyl halides is 1. The van der Waals surface area contributed by atoms with Gasteiger partial charge in [0.15, 0.2) is 5.65 Å². The van der Waals surface area contributed by atoms with Gasteiger partial charge >= 0.3 is 0 Å². The molecule has 1 saturated heterocycles. The largest absolute Gasteiger partial charge is 0.395 e. The van der Waals surface area contributed by atoms with Crippen LogP contribution < -0.4 is 10.2 Å². The highest BCUT2D eigenvalue weighted by Crippen LogP contribution is 2.42. The van der Waals surface area contributed by atoms with Crippen molar-refractivity contribution in [2.75, 3.05) is 37.7 Å². The van der Waals surface area contributed by atoms with Gasteiger partial charge in [-0.3, -0.25) is 9.59 Å². The number of aliphatic hydroxyl groups excluding tert-OH is 1. The second-order valence-corrected chi connectivity index (χ2v) is 12.0. The van der Waals surface area contributed by atoms with Crippen LogP contribution in [0.1, 0.15) is 71.6 Å². The van der Waals surface area contributed by atoms with Crippen molar-refractivity contribution >= 4 is 23.1 Å². The van der Waals surface area contributed by atoms with E-state index in [1.807, 2.05) is 36.1 Å². The van der Waals surface area contributed by atoms with Gasteiger partial charge in [-0.1, -0.05) is 24.3 Å². The van der Waals surface area contributed by atoms with Crippen molar-refractivity contribution in [1.82, 2.24) is 24.8 Å². The average molecular weight is 601 g/mol. The molecule has 0 spiro atoms. The van der Waals surface area contributed by atoms with Gasteiger partial charge < -0.3 is 20.2 Å². The van der Waals surface area contributed by atoms with Crippen LogP contribution in [0.5, 0.6) is 0 Å². The fourth-order valence-electron chi connectivity index (χ4n) is 6.53. The molecule has 4 heterocycles. The van der Waals surface area contributed by atoms with Crippen molar-refractivity contribution in [2.45, 2.75) is 44.3 Å². The first-order chi connectivity index (χ1) is 21.3. The van der Waals surface area contributed by atoms with Gasteiger partial charge in [-0.25, -0.2) is 18.3 Å². The van der Waals surface area contributed by atoms with Crippen molar-refractivity contribution < 1.29 is 23.5 Å². The molecule has 2 aliphatic heterocycles. The Hall–Kier alpha value is -4.38. The molecule has 2 amide bonds. The van der Waals surface area contributed by atoms with E-state index in [0.717, 1.165) is 24.1 Å².